The molecule has 0 aromatic heterocycles. The fourth-order valence-electron chi connectivity index (χ4n) is 3.34. The van der Waals surface area contributed by atoms with Crippen LogP contribution in [0.15, 0.2) is 12.1 Å². The Bertz CT molecular complexity index is 458. The Labute approximate surface area is 132 Å². The first-order chi connectivity index (χ1) is 10.2. The Morgan fingerprint density at radius 1 is 1.33 bits per heavy atom. The number of aromatic hydroxyl groups is 1. The number of benzene rings is 1. The van der Waals surface area contributed by atoms with E-state index >= 15 is 0 Å². The third-order valence-corrected chi connectivity index (χ3v) is 4.77. The molecule has 3 nitrogen and oxygen atoms in total. The Morgan fingerprint density at radius 3 is 2.67 bits per heavy atom. The molecule has 0 amide bonds. The van der Waals surface area contributed by atoms with Crippen molar-refractivity contribution in [3.63, 3.8) is 0 Å². The van der Waals surface area contributed by atoms with Crippen LogP contribution in [0.2, 0.25) is 5.02 Å². The number of hydrogen-bond donors (Lipinski definition) is 2. The molecule has 0 heterocycles. The standard InChI is InChI=1S/C17H26ClNO2/c1-3-15(12-7-5-4-6-8-12)19-11-13-9-14(18)10-16(21-2)17(13)20/h9-10,12,15,19-20H,3-8,11H2,1-2H3. The lowest BCUT2D eigenvalue weighted by Crippen LogP contribution is -2.36. The number of phenols is 1. The molecule has 1 aromatic rings. The van der Waals surface area contributed by atoms with Crippen LogP contribution in [0.3, 0.4) is 0 Å². The lowest BCUT2D eigenvalue weighted by Gasteiger charge is -2.30. The maximum absolute atomic E-state index is 10.2. The van der Waals surface area contributed by atoms with Crippen molar-refractivity contribution in [3.8, 4) is 11.5 Å². The average Bonchev–Trinajstić information content (AvgIpc) is 2.51. The van der Waals surface area contributed by atoms with Crippen LogP contribution >= 0.6 is 11.6 Å². The Hall–Kier alpha value is -0.930. The van der Waals surface area contributed by atoms with Crippen molar-refractivity contribution in [2.75, 3.05) is 7.11 Å². The highest BCUT2D eigenvalue weighted by atomic mass is 35.5. The second-order valence-corrected chi connectivity index (χ2v) is 6.35. The molecule has 0 spiro atoms. The van der Waals surface area contributed by atoms with E-state index in [-0.39, 0.29) is 5.75 Å². The summed E-state index contributed by atoms with van der Waals surface area (Å²) in [5.41, 5.74) is 0.800. The van der Waals surface area contributed by atoms with Crippen molar-refractivity contribution in [1.29, 1.82) is 0 Å². The molecule has 1 aliphatic rings. The summed E-state index contributed by atoms with van der Waals surface area (Å²) < 4.78 is 5.15. The minimum Gasteiger partial charge on any atom is -0.504 e. The Balaban J connectivity index is 2.02. The predicted molar refractivity (Wildman–Crippen MR) is 87.2 cm³/mol. The van der Waals surface area contributed by atoms with Gasteiger partial charge in [0.15, 0.2) is 11.5 Å². The molecular weight excluding hydrogens is 286 g/mol. The summed E-state index contributed by atoms with van der Waals surface area (Å²) >= 11 is 6.08. The van der Waals surface area contributed by atoms with Crippen molar-refractivity contribution in [2.45, 2.75) is 58.0 Å². The molecule has 0 aliphatic heterocycles. The van der Waals surface area contributed by atoms with Gasteiger partial charge in [-0.2, -0.15) is 0 Å². The summed E-state index contributed by atoms with van der Waals surface area (Å²) in [6, 6.07) is 3.95. The zero-order valence-electron chi connectivity index (χ0n) is 13.0. The van der Waals surface area contributed by atoms with E-state index in [0.29, 0.717) is 23.4 Å². The molecule has 1 aliphatic carbocycles. The molecule has 1 unspecified atom stereocenters. The smallest absolute Gasteiger partial charge is 0.162 e. The van der Waals surface area contributed by atoms with Crippen molar-refractivity contribution >= 4 is 11.6 Å². The molecule has 1 atom stereocenters. The highest BCUT2D eigenvalue weighted by Crippen LogP contribution is 2.34. The molecule has 1 saturated carbocycles. The SMILES string of the molecule is CCC(NCc1cc(Cl)cc(OC)c1O)C1CCCCC1. The largest absolute Gasteiger partial charge is 0.504 e. The summed E-state index contributed by atoms with van der Waals surface area (Å²) in [7, 11) is 1.54. The van der Waals surface area contributed by atoms with E-state index in [4.69, 9.17) is 16.3 Å². The van der Waals surface area contributed by atoms with E-state index in [1.54, 1.807) is 19.2 Å². The Morgan fingerprint density at radius 2 is 2.05 bits per heavy atom. The number of rotatable bonds is 6. The fourth-order valence-corrected chi connectivity index (χ4v) is 3.57. The van der Waals surface area contributed by atoms with E-state index < -0.39 is 0 Å². The number of hydrogen-bond acceptors (Lipinski definition) is 3. The molecule has 2 rings (SSSR count). The van der Waals surface area contributed by atoms with E-state index in [2.05, 4.69) is 12.2 Å². The van der Waals surface area contributed by atoms with E-state index in [0.717, 1.165) is 17.9 Å². The van der Waals surface area contributed by atoms with Gasteiger partial charge < -0.3 is 15.2 Å². The second kappa shape index (κ2) is 7.90. The molecule has 21 heavy (non-hydrogen) atoms. The summed E-state index contributed by atoms with van der Waals surface area (Å²) in [5, 5.41) is 14.4. The molecule has 4 heteroatoms. The van der Waals surface area contributed by atoms with Crippen LogP contribution in [-0.2, 0) is 6.54 Å². The van der Waals surface area contributed by atoms with Gasteiger partial charge in [-0.05, 0) is 31.2 Å². The van der Waals surface area contributed by atoms with Crippen LogP contribution < -0.4 is 10.1 Å². The highest BCUT2D eigenvalue weighted by molar-refractivity contribution is 6.30. The number of ether oxygens (including phenoxy) is 1. The molecule has 2 N–H and O–H groups in total. The lowest BCUT2D eigenvalue weighted by molar-refractivity contribution is 0.260. The van der Waals surface area contributed by atoms with Crippen LogP contribution in [0.25, 0.3) is 0 Å². The lowest BCUT2D eigenvalue weighted by atomic mass is 9.83. The first kappa shape index (κ1) is 16.4. The first-order valence-electron chi connectivity index (χ1n) is 7.94. The Kier molecular flexibility index (Phi) is 6.19. The zero-order valence-corrected chi connectivity index (χ0v) is 13.7. The van der Waals surface area contributed by atoms with E-state index in [9.17, 15) is 5.11 Å². The van der Waals surface area contributed by atoms with Crippen LogP contribution in [0.5, 0.6) is 11.5 Å². The van der Waals surface area contributed by atoms with Gasteiger partial charge in [0.2, 0.25) is 0 Å². The minimum atomic E-state index is 0.188. The van der Waals surface area contributed by atoms with Gasteiger partial charge >= 0.3 is 0 Å². The molecular formula is C17H26ClNO2. The normalized spacial score (nSPS) is 17.7. The first-order valence-corrected chi connectivity index (χ1v) is 8.32. The minimum absolute atomic E-state index is 0.188. The zero-order chi connectivity index (χ0) is 15.2. The maximum atomic E-state index is 10.2. The van der Waals surface area contributed by atoms with Crippen LogP contribution in [0.1, 0.15) is 51.0 Å². The van der Waals surface area contributed by atoms with Gasteiger partial charge in [-0.15, -0.1) is 0 Å². The van der Waals surface area contributed by atoms with Crippen molar-refractivity contribution < 1.29 is 9.84 Å². The quantitative estimate of drug-likeness (QED) is 0.812. The fraction of sp³-hybridized carbons (Fsp3) is 0.647. The predicted octanol–water partition coefficient (Wildman–Crippen LogP) is 4.50. The van der Waals surface area contributed by atoms with Crippen LogP contribution in [-0.4, -0.2) is 18.3 Å². The monoisotopic (exact) mass is 311 g/mol. The number of nitrogens with one attached hydrogen (secondary N) is 1. The molecule has 0 bridgehead atoms. The molecule has 0 radical (unpaired) electrons. The summed E-state index contributed by atoms with van der Waals surface area (Å²) in [4.78, 5) is 0. The summed E-state index contributed by atoms with van der Waals surface area (Å²) in [6.07, 6.45) is 7.81. The molecule has 118 valence electrons. The van der Waals surface area contributed by atoms with Crippen LogP contribution in [0, 0.1) is 5.92 Å². The van der Waals surface area contributed by atoms with Gasteiger partial charge in [-0.3, -0.25) is 0 Å². The van der Waals surface area contributed by atoms with Crippen LogP contribution in [0.4, 0.5) is 0 Å². The van der Waals surface area contributed by atoms with Gasteiger partial charge in [0.1, 0.15) is 0 Å². The average molecular weight is 312 g/mol. The van der Waals surface area contributed by atoms with Gasteiger partial charge in [0.05, 0.1) is 7.11 Å². The number of halogens is 1. The topological polar surface area (TPSA) is 41.5 Å². The third kappa shape index (κ3) is 4.27. The van der Waals surface area contributed by atoms with Gasteiger partial charge in [0.25, 0.3) is 0 Å². The number of methoxy groups -OCH3 is 1. The second-order valence-electron chi connectivity index (χ2n) is 5.91. The van der Waals surface area contributed by atoms with E-state index in [1.807, 2.05) is 0 Å². The van der Waals surface area contributed by atoms with Crippen molar-refractivity contribution in [2.24, 2.45) is 5.92 Å². The van der Waals surface area contributed by atoms with Gasteiger partial charge in [0, 0.05) is 29.2 Å². The maximum Gasteiger partial charge on any atom is 0.162 e. The van der Waals surface area contributed by atoms with Gasteiger partial charge in [-0.1, -0.05) is 37.8 Å². The van der Waals surface area contributed by atoms with Gasteiger partial charge in [-0.25, -0.2) is 0 Å². The molecule has 1 aromatic carbocycles. The van der Waals surface area contributed by atoms with Crippen molar-refractivity contribution in [3.05, 3.63) is 22.7 Å². The summed E-state index contributed by atoms with van der Waals surface area (Å²) in [6.45, 7) is 2.85. The third-order valence-electron chi connectivity index (χ3n) is 4.55. The highest BCUT2D eigenvalue weighted by Gasteiger charge is 2.22. The van der Waals surface area contributed by atoms with E-state index in [1.165, 1.54) is 32.1 Å². The summed E-state index contributed by atoms with van der Waals surface area (Å²) in [5.74, 6) is 1.38. The molecule has 0 saturated heterocycles. The van der Waals surface area contributed by atoms with Crippen molar-refractivity contribution in [1.82, 2.24) is 5.32 Å². The molecule has 1 fully saturated rings. The number of phenolic OH excluding ortho intramolecular Hbond substituents is 1.